The highest BCUT2D eigenvalue weighted by atomic mass is 16.5. The van der Waals surface area contributed by atoms with Crippen molar-refractivity contribution in [1.29, 1.82) is 0 Å². The summed E-state index contributed by atoms with van der Waals surface area (Å²) >= 11 is 0. The average molecular weight is 269 g/mol. The Kier molecular flexibility index (Phi) is 4.53. The summed E-state index contributed by atoms with van der Waals surface area (Å²) in [6.07, 6.45) is 0.477. The Hall–Kier alpha value is -2.13. The van der Waals surface area contributed by atoms with Crippen LogP contribution in [-0.4, -0.2) is 12.0 Å². The lowest BCUT2D eigenvalue weighted by Gasteiger charge is -2.13. The maximum atomic E-state index is 12.0. The van der Waals surface area contributed by atoms with Crippen LogP contribution in [0, 0.1) is 13.8 Å². The maximum absolute atomic E-state index is 12.0. The topological polar surface area (TPSA) is 52.3 Å². The zero-order chi connectivity index (χ0) is 14.5. The Morgan fingerprint density at radius 2 is 1.80 bits per heavy atom. The van der Waals surface area contributed by atoms with E-state index in [9.17, 15) is 4.79 Å². The molecular weight excluding hydrogens is 250 g/mol. The minimum Gasteiger partial charge on any atom is -0.425 e. The first kappa shape index (κ1) is 14.3. The largest absolute Gasteiger partial charge is 0.425 e. The van der Waals surface area contributed by atoms with E-state index in [4.69, 9.17) is 10.5 Å². The van der Waals surface area contributed by atoms with Crippen LogP contribution < -0.4 is 10.5 Å². The predicted molar refractivity (Wildman–Crippen MR) is 79.7 cm³/mol. The van der Waals surface area contributed by atoms with Gasteiger partial charge >= 0.3 is 5.97 Å². The monoisotopic (exact) mass is 269 g/mol. The number of ether oxygens (including phenoxy) is 1. The van der Waals surface area contributed by atoms with Crippen LogP contribution in [0.5, 0.6) is 5.75 Å². The van der Waals surface area contributed by atoms with Gasteiger partial charge in [-0.15, -0.1) is 0 Å². The molecule has 1 atom stereocenters. The first-order chi connectivity index (χ1) is 9.58. The number of carbonyl (C=O) groups is 1. The summed E-state index contributed by atoms with van der Waals surface area (Å²) in [6.45, 7) is 3.91. The van der Waals surface area contributed by atoms with Crippen molar-refractivity contribution in [2.24, 2.45) is 5.73 Å². The molecule has 2 rings (SSSR count). The van der Waals surface area contributed by atoms with E-state index in [2.05, 4.69) is 0 Å². The fraction of sp³-hybridized carbons (Fsp3) is 0.235. The zero-order valence-electron chi connectivity index (χ0n) is 11.8. The van der Waals surface area contributed by atoms with Crippen molar-refractivity contribution in [3.63, 3.8) is 0 Å². The van der Waals surface area contributed by atoms with Crippen LogP contribution in [0.4, 0.5) is 0 Å². The minimum atomic E-state index is -0.655. The Morgan fingerprint density at radius 3 is 2.50 bits per heavy atom. The molecule has 20 heavy (non-hydrogen) atoms. The molecule has 0 spiro atoms. The Balaban J connectivity index is 2.03. The summed E-state index contributed by atoms with van der Waals surface area (Å²) in [6, 6.07) is 14.7. The van der Waals surface area contributed by atoms with Gasteiger partial charge in [0.1, 0.15) is 11.8 Å². The van der Waals surface area contributed by atoms with Gasteiger partial charge in [0.15, 0.2) is 0 Å². The van der Waals surface area contributed by atoms with Crippen LogP contribution in [0.2, 0.25) is 0 Å². The van der Waals surface area contributed by atoms with Crippen molar-refractivity contribution in [2.45, 2.75) is 26.3 Å². The summed E-state index contributed by atoms with van der Waals surface area (Å²) in [4.78, 5) is 12.0. The minimum absolute atomic E-state index is 0.400. The van der Waals surface area contributed by atoms with Crippen molar-refractivity contribution in [1.82, 2.24) is 0 Å². The second-order valence-corrected chi connectivity index (χ2v) is 4.92. The number of aryl methyl sites for hydroxylation is 1. The molecule has 1 unspecified atom stereocenters. The van der Waals surface area contributed by atoms with E-state index >= 15 is 0 Å². The number of esters is 1. The molecule has 0 fully saturated rings. The van der Waals surface area contributed by atoms with Crippen molar-refractivity contribution in [3.8, 4) is 5.75 Å². The second kappa shape index (κ2) is 6.35. The van der Waals surface area contributed by atoms with E-state index in [0.29, 0.717) is 12.2 Å². The lowest BCUT2D eigenvalue weighted by molar-refractivity contribution is -0.135. The molecule has 2 aromatic rings. The summed E-state index contributed by atoms with van der Waals surface area (Å²) in [5.41, 5.74) is 8.99. The molecule has 104 valence electrons. The first-order valence-electron chi connectivity index (χ1n) is 6.65. The van der Waals surface area contributed by atoms with Gasteiger partial charge in [-0.3, -0.25) is 0 Å². The molecule has 3 heteroatoms. The molecule has 0 aliphatic rings. The molecule has 2 N–H and O–H groups in total. The molecule has 3 nitrogen and oxygen atoms in total. The number of benzene rings is 2. The van der Waals surface area contributed by atoms with Crippen molar-refractivity contribution < 1.29 is 9.53 Å². The maximum Gasteiger partial charge on any atom is 0.328 e. The first-order valence-corrected chi connectivity index (χ1v) is 6.65. The van der Waals surface area contributed by atoms with E-state index in [1.54, 1.807) is 6.07 Å². The summed E-state index contributed by atoms with van der Waals surface area (Å²) < 4.78 is 5.40. The van der Waals surface area contributed by atoms with E-state index in [0.717, 1.165) is 16.7 Å². The van der Waals surface area contributed by atoms with Crippen LogP contribution >= 0.6 is 0 Å². The molecule has 0 saturated carbocycles. The van der Waals surface area contributed by atoms with E-state index < -0.39 is 12.0 Å². The Bertz CT molecular complexity index is 593. The zero-order valence-corrected chi connectivity index (χ0v) is 11.8. The smallest absolute Gasteiger partial charge is 0.328 e. The van der Waals surface area contributed by atoms with Crippen LogP contribution in [0.25, 0.3) is 0 Å². The fourth-order valence-electron chi connectivity index (χ4n) is 1.97. The predicted octanol–water partition coefficient (Wildman–Crippen LogP) is 2.78. The third-order valence-corrected chi connectivity index (χ3v) is 3.37. The summed E-state index contributed by atoms with van der Waals surface area (Å²) in [7, 11) is 0. The normalized spacial score (nSPS) is 11.9. The third kappa shape index (κ3) is 3.45. The highest BCUT2D eigenvalue weighted by Crippen LogP contribution is 2.21. The molecular formula is C17H19NO2. The molecule has 2 aromatic carbocycles. The number of hydrogen-bond acceptors (Lipinski definition) is 3. The molecule has 0 saturated heterocycles. The van der Waals surface area contributed by atoms with Gasteiger partial charge in [-0.1, -0.05) is 42.5 Å². The van der Waals surface area contributed by atoms with Gasteiger partial charge in [0.25, 0.3) is 0 Å². The van der Waals surface area contributed by atoms with Crippen molar-refractivity contribution in [2.75, 3.05) is 0 Å². The van der Waals surface area contributed by atoms with Crippen LogP contribution in [0.15, 0.2) is 48.5 Å². The molecule has 0 aromatic heterocycles. The second-order valence-electron chi connectivity index (χ2n) is 4.92. The van der Waals surface area contributed by atoms with Gasteiger partial charge < -0.3 is 10.5 Å². The van der Waals surface area contributed by atoms with Gasteiger partial charge in [0.2, 0.25) is 0 Å². The van der Waals surface area contributed by atoms with Crippen LogP contribution in [-0.2, 0) is 11.2 Å². The highest BCUT2D eigenvalue weighted by Gasteiger charge is 2.17. The third-order valence-electron chi connectivity index (χ3n) is 3.37. The molecule has 0 aliphatic heterocycles. The van der Waals surface area contributed by atoms with Crippen molar-refractivity contribution >= 4 is 5.97 Å². The fourth-order valence-corrected chi connectivity index (χ4v) is 1.97. The number of nitrogens with two attached hydrogens (primary N) is 1. The average Bonchev–Trinajstić information content (AvgIpc) is 2.45. The van der Waals surface area contributed by atoms with Crippen LogP contribution in [0.3, 0.4) is 0 Å². The number of rotatable bonds is 4. The summed E-state index contributed by atoms with van der Waals surface area (Å²) in [5, 5.41) is 0. The molecule has 0 heterocycles. The Morgan fingerprint density at radius 1 is 1.10 bits per heavy atom. The highest BCUT2D eigenvalue weighted by molar-refractivity contribution is 5.78. The van der Waals surface area contributed by atoms with Gasteiger partial charge in [-0.2, -0.15) is 0 Å². The van der Waals surface area contributed by atoms with Crippen LogP contribution in [0.1, 0.15) is 16.7 Å². The summed E-state index contributed by atoms with van der Waals surface area (Å²) in [5.74, 6) is 0.182. The van der Waals surface area contributed by atoms with E-state index in [1.807, 2.05) is 56.3 Å². The number of carbonyl (C=O) groups excluding carboxylic acids is 1. The molecule has 0 amide bonds. The van der Waals surface area contributed by atoms with Gasteiger partial charge in [0, 0.05) is 0 Å². The lowest BCUT2D eigenvalue weighted by atomic mass is 10.1. The van der Waals surface area contributed by atoms with Gasteiger partial charge in [-0.05, 0) is 43.0 Å². The molecule has 0 aliphatic carbocycles. The Labute approximate surface area is 119 Å². The standard InChI is InChI=1S/C17H19NO2/c1-12-7-6-10-16(13(12)2)20-17(19)15(18)11-14-8-4-3-5-9-14/h3-10,15H,11,18H2,1-2H3. The SMILES string of the molecule is Cc1cccc(OC(=O)C(N)Cc2ccccc2)c1C. The van der Waals surface area contributed by atoms with E-state index in [1.165, 1.54) is 0 Å². The molecule has 0 radical (unpaired) electrons. The quantitative estimate of drug-likeness (QED) is 0.686. The van der Waals surface area contributed by atoms with Gasteiger partial charge in [-0.25, -0.2) is 4.79 Å². The lowest BCUT2D eigenvalue weighted by Crippen LogP contribution is -2.36. The van der Waals surface area contributed by atoms with Crippen molar-refractivity contribution in [3.05, 3.63) is 65.2 Å². The number of hydrogen-bond donors (Lipinski definition) is 1. The molecule has 0 bridgehead atoms. The van der Waals surface area contributed by atoms with E-state index in [-0.39, 0.29) is 0 Å². The van der Waals surface area contributed by atoms with Gasteiger partial charge in [0.05, 0.1) is 0 Å².